The molecule has 2 aliphatic heterocycles. The van der Waals surface area contributed by atoms with E-state index in [1.165, 1.54) is 27.4 Å². The summed E-state index contributed by atoms with van der Waals surface area (Å²) in [5, 5.41) is 2.00. The van der Waals surface area contributed by atoms with Gasteiger partial charge in [0.1, 0.15) is 5.82 Å². The van der Waals surface area contributed by atoms with Gasteiger partial charge in [-0.1, -0.05) is 6.07 Å². The van der Waals surface area contributed by atoms with Crippen molar-refractivity contribution in [2.75, 3.05) is 37.6 Å². The number of hydrogen-bond donors (Lipinski definition) is 0. The lowest BCUT2D eigenvalue weighted by Gasteiger charge is -2.36. The molecule has 9 heteroatoms. The second-order valence-electron chi connectivity index (χ2n) is 8.24. The zero-order valence-electron chi connectivity index (χ0n) is 18.0. The summed E-state index contributed by atoms with van der Waals surface area (Å²) in [6.07, 6.45) is 0.711. The first-order chi connectivity index (χ1) is 15.9. The molecule has 0 atom stereocenters. The van der Waals surface area contributed by atoms with E-state index in [4.69, 9.17) is 0 Å². The minimum Gasteiger partial charge on any atom is -0.368 e. The van der Waals surface area contributed by atoms with Gasteiger partial charge in [-0.15, -0.1) is 11.3 Å². The van der Waals surface area contributed by atoms with Crippen molar-refractivity contribution in [3.8, 4) is 0 Å². The van der Waals surface area contributed by atoms with E-state index in [-0.39, 0.29) is 16.6 Å². The van der Waals surface area contributed by atoms with E-state index in [2.05, 4.69) is 4.90 Å². The molecule has 1 amide bonds. The Hall–Kier alpha value is -2.75. The third-order valence-electron chi connectivity index (χ3n) is 6.25. The Morgan fingerprint density at radius 2 is 1.70 bits per heavy atom. The van der Waals surface area contributed by atoms with Crippen LogP contribution in [0.25, 0.3) is 0 Å². The van der Waals surface area contributed by atoms with E-state index in [0.717, 1.165) is 11.3 Å². The van der Waals surface area contributed by atoms with Gasteiger partial charge >= 0.3 is 0 Å². The smallest absolute Gasteiger partial charge is 0.254 e. The summed E-state index contributed by atoms with van der Waals surface area (Å²) >= 11 is 1.66. The van der Waals surface area contributed by atoms with Crippen LogP contribution in [0.1, 0.15) is 20.8 Å². The minimum absolute atomic E-state index is 0.150. The third kappa shape index (κ3) is 4.40. The molecular weight excluding hydrogens is 461 g/mol. The summed E-state index contributed by atoms with van der Waals surface area (Å²) < 4.78 is 41.2. The van der Waals surface area contributed by atoms with Gasteiger partial charge < -0.3 is 9.80 Å². The fraction of sp³-hybridized carbons (Fsp3) is 0.292. The van der Waals surface area contributed by atoms with E-state index in [1.807, 2.05) is 11.4 Å². The lowest BCUT2D eigenvalue weighted by atomic mass is 10.1. The van der Waals surface area contributed by atoms with Crippen LogP contribution < -0.4 is 4.90 Å². The van der Waals surface area contributed by atoms with E-state index >= 15 is 0 Å². The highest BCUT2D eigenvalue weighted by atomic mass is 32.2. The fourth-order valence-corrected chi connectivity index (χ4v) is 6.72. The number of carbonyl (C=O) groups excluding carboxylic acids is 1. The SMILES string of the molecule is O=C(c1cccc(S(=O)(=O)N2CCc3sccc3C2)c1)N1CCN(c2ccc(F)cc2)CC1. The second-order valence-corrected chi connectivity index (χ2v) is 11.2. The van der Waals surface area contributed by atoms with Crippen LogP contribution >= 0.6 is 11.3 Å². The number of nitrogens with zero attached hydrogens (tertiary/aromatic N) is 3. The van der Waals surface area contributed by atoms with Crippen molar-refractivity contribution in [2.45, 2.75) is 17.9 Å². The van der Waals surface area contributed by atoms with Crippen molar-refractivity contribution in [1.82, 2.24) is 9.21 Å². The molecule has 0 bridgehead atoms. The maximum atomic E-state index is 13.3. The third-order valence-corrected chi connectivity index (χ3v) is 9.11. The minimum atomic E-state index is -3.69. The Labute approximate surface area is 196 Å². The highest BCUT2D eigenvalue weighted by molar-refractivity contribution is 7.89. The van der Waals surface area contributed by atoms with Crippen molar-refractivity contribution in [3.05, 3.63) is 81.8 Å². The van der Waals surface area contributed by atoms with Gasteiger partial charge in [-0.2, -0.15) is 4.31 Å². The number of thiophene rings is 1. The highest BCUT2D eigenvalue weighted by Gasteiger charge is 2.30. The second kappa shape index (κ2) is 8.89. The predicted molar refractivity (Wildman–Crippen MR) is 127 cm³/mol. The maximum absolute atomic E-state index is 13.3. The number of piperazine rings is 1. The molecule has 1 saturated heterocycles. The summed E-state index contributed by atoms with van der Waals surface area (Å²) in [4.78, 5) is 18.4. The molecule has 0 radical (unpaired) electrons. The first kappa shape index (κ1) is 22.1. The Kier molecular flexibility index (Phi) is 5.94. The Bertz CT molecular complexity index is 1270. The summed E-state index contributed by atoms with van der Waals surface area (Å²) in [5.74, 6) is -0.452. The van der Waals surface area contributed by atoms with Crippen LogP contribution in [0.5, 0.6) is 0 Å². The number of amides is 1. The van der Waals surface area contributed by atoms with Gasteiger partial charge in [-0.25, -0.2) is 12.8 Å². The fourth-order valence-electron chi connectivity index (χ4n) is 4.37. The molecule has 0 saturated carbocycles. The Balaban J connectivity index is 1.28. The monoisotopic (exact) mass is 485 g/mol. The molecule has 0 spiro atoms. The summed E-state index contributed by atoms with van der Waals surface area (Å²) in [5.41, 5.74) is 2.35. The molecule has 33 heavy (non-hydrogen) atoms. The normalized spacial score (nSPS) is 17.1. The Morgan fingerprint density at radius 3 is 2.45 bits per heavy atom. The predicted octanol–water partition coefficient (Wildman–Crippen LogP) is 3.60. The topological polar surface area (TPSA) is 60.9 Å². The lowest BCUT2D eigenvalue weighted by molar-refractivity contribution is 0.0746. The van der Waals surface area contributed by atoms with Gasteiger partial charge in [-0.3, -0.25) is 4.79 Å². The van der Waals surface area contributed by atoms with Gasteiger partial charge in [0, 0.05) is 55.4 Å². The van der Waals surface area contributed by atoms with Gasteiger partial charge in [0.15, 0.2) is 0 Å². The average molecular weight is 486 g/mol. The van der Waals surface area contributed by atoms with E-state index in [0.29, 0.717) is 51.3 Å². The van der Waals surface area contributed by atoms with E-state index < -0.39 is 10.0 Å². The number of halogens is 1. The number of sulfonamides is 1. The van der Waals surface area contributed by atoms with E-state index in [9.17, 15) is 17.6 Å². The molecular formula is C24H24FN3O3S2. The molecule has 3 aromatic rings. The molecule has 1 aromatic heterocycles. The number of carbonyl (C=O) groups is 1. The van der Waals surface area contributed by atoms with Crippen LogP contribution in [0.15, 0.2) is 64.9 Å². The molecule has 2 aromatic carbocycles. The molecule has 0 aliphatic carbocycles. The van der Waals surface area contributed by atoms with Crippen molar-refractivity contribution < 1.29 is 17.6 Å². The maximum Gasteiger partial charge on any atom is 0.254 e. The van der Waals surface area contributed by atoms with Crippen LogP contribution in [-0.4, -0.2) is 56.3 Å². The van der Waals surface area contributed by atoms with Crippen molar-refractivity contribution in [2.24, 2.45) is 0 Å². The first-order valence-corrected chi connectivity index (χ1v) is 13.2. The standard InChI is InChI=1S/C24H24FN3O3S2/c25-20-4-6-21(7-5-20)26-11-13-27(14-12-26)24(29)18-2-1-3-22(16-18)33(30,31)28-10-8-23-19(17-28)9-15-32-23/h1-7,9,15-16H,8,10-14,17H2. The van der Waals surface area contributed by atoms with Crippen molar-refractivity contribution in [3.63, 3.8) is 0 Å². The first-order valence-electron chi connectivity index (χ1n) is 10.9. The van der Waals surface area contributed by atoms with Crippen LogP contribution in [-0.2, 0) is 23.0 Å². The highest BCUT2D eigenvalue weighted by Crippen LogP contribution is 2.28. The number of fused-ring (bicyclic) bond motifs is 1. The van der Waals surface area contributed by atoms with Crippen molar-refractivity contribution >= 4 is 33.0 Å². The zero-order valence-corrected chi connectivity index (χ0v) is 19.6. The molecule has 1 fully saturated rings. The quantitative estimate of drug-likeness (QED) is 0.567. The number of benzene rings is 2. The van der Waals surface area contributed by atoms with Crippen LogP contribution in [0, 0.1) is 5.82 Å². The lowest BCUT2D eigenvalue weighted by Crippen LogP contribution is -2.48. The zero-order chi connectivity index (χ0) is 23.0. The molecule has 5 rings (SSSR count). The average Bonchev–Trinajstić information content (AvgIpc) is 3.32. The molecule has 172 valence electrons. The summed E-state index contributed by atoms with van der Waals surface area (Å²) in [6.45, 7) is 3.10. The van der Waals surface area contributed by atoms with Gasteiger partial charge in [0.05, 0.1) is 4.90 Å². The van der Waals surface area contributed by atoms with Gasteiger partial charge in [0.25, 0.3) is 5.91 Å². The Morgan fingerprint density at radius 1 is 0.939 bits per heavy atom. The van der Waals surface area contributed by atoms with Crippen LogP contribution in [0.4, 0.5) is 10.1 Å². The summed E-state index contributed by atoms with van der Waals surface area (Å²) in [6, 6.07) is 14.7. The number of anilines is 1. The van der Waals surface area contributed by atoms with Crippen molar-refractivity contribution in [1.29, 1.82) is 0 Å². The summed E-state index contributed by atoms with van der Waals surface area (Å²) in [7, 11) is -3.69. The largest absolute Gasteiger partial charge is 0.368 e. The van der Waals surface area contributed by atoms with Gasteiger partial charge in [0.2, 0.25) is 10.0 Å². The van der Waals surface area contributed by atoms with Crippen LogP contribution in [0.2, 0.25) is 0 Å². The van der Waals surface area contributed by atoms with Gasteiger partial charge in [-0.05, 0) is 65.9 Å². The van der Waals surface area contributed by atoms with Crippen LogP contribution in [0.3, 0.4) is 0 Å². The molecule has 6 nitrogen and oxygen atoms in total. The molecule has 2 aliphatic rings. The number of rotatable bonds is 4. The molecule has 3 heterocycles. The molecule has 0 N–H and O–H groups in total. The molecule has 0 unspecified atom stereocenters. The van der Waals surface area contributed by atoms with E-state index in [1.54, 1.807) is 46.6 Å². The number of hydrogen-bond acceptors (Lipinski definition) is 5.